The maximum atomic E-state index is 12.7. The van der Waals surface area contributed by atoms with Gasteiger partial charge in [0, 0.05) is 18.0 Å². The summed E-state index contributed by atoms with van der Waals surface area (Å²) in [4.78, 5) is 28.6. The zero-order valence-corrected chi connectivity index (χ0v) is 14.5. The van der Waals surface area contributed by atoms with E-state index in [2.05, 4.69) is 10.3 Å². The number of nitrogens with zero attached hydrogens (tertiary/aromatic N) is 1. The summed E-state index contributed by atoms with van der Waals surface area (Å²) in [5.41, 5.74) is 5.97. The average molecular weight is 387 g/mol. The fraction of sp³-hybridized carbons (Fsp3) is 0.150. The smallest absolute Gasteiger partial charge is 0.368 e. The van der Waals surface area contributed by atoms with Crippen molar-refractivity contribution in [2.75, 3.05) is 0 Å². The van der Waals surface area contributed by atoms with Crippen LogP contribution in [-0.2, 0) is 17.4 Å². The molecule has 3 N–H and O–H groups in total. The van der Waals surface area contributed by atoms with Gasteiger partial charge in [-0.05, 0) is 29.8 Å². The first-order valence-electron chi connectivity index (χ1n) is 8.36. The van der Waals surface area contributed by atoms with E-state index in [9.17, 15) is 22.8 Å². The van der Waals surface area contributed by atoms with Gasteiger partial charge in [-0.1, -0.05) is 30.3 Å². The predicted molar refractivity (Wildman–Crippen MR) is 97.3 cm³/mol. The molecule has 3 rings (SSSR count). The van der Waals surface area contributed by atoms with Gasteiger partial charge in [-0.25, -0.2) is 0 Å². The SMILES string of the molecule is NC(=O)[C@@H](Cc1ccc(C(F)(F)F)cc1)NC(=O)c1ccnc2ccccc12. The number of halogens is 3. The van der Waals surface area contributed by atoms with Gasteiger partial charge in [0.15, 0.2) is 0 Å². The first-order chi connectivity index (χ1) is 13.3. The molecule has 144 valence electrons. The maximum absolute atomic E-state index is 12.7. The van der Waals surface area contributed by atoms with Gasteiger partial charge in [-0.15, -0.1) is 0 Å². The molecular formula is C20H16F3N3O2. The molecule has 0 aliphatic heterocycles. The molecule has 1 heterocycles. The number of aromatic nitrogens is 1. The second-order valence-corrected chi connectivity index (χ2v) is 6.20. The zero-order chi connectivity index (χ0) is 20.3. The van der Waals surface area contributed by atoms with Crippen LogP contribution in [0, 0.1) is 0 Å². The summed E-state index contributed by atoms with van der Waals surface area (Å²) in [6.45, 7) is 0. The number of carbonyl (C=O) groups excluding carboxylic acids is 2. The number of amides is 2. The summed E-state index contributed by atoms with van der Waals surface area (Å²) in [5, 5.41) is 3.17. The molecule has 28 heavy (non-hydrogen) atoms. The Bertz CT molecular complexity index is 1010. The minimum atomic E-state index is -4.45. The summed E-state index contributed by atoms with van der Waals surface area (Å²) in [6, 6.07) is 11.8. The number of rotatable bonds is 5. The molecule has 2 amide bonds. The van der Waals surface area contributed by atoms with Crippen LogP contribution in [0.5, 0.6) is 0 Å². The molecule has 0 saturated heterocycles. The molecule has 0 aliphatic rings. The van der Waals surface area contributed by atoms with Crippen molar-refractivity contribution in [3.8, 4) is 0 Å². The number of carbonyl (C=O) groups is 2. The van der Waals surface area contributed by atoms with Crippen LogP contribution in [0.15, 0.2) is 60.8 Å². The number of nitrogens with one attached hydrogen (secondary N) is 1. The average Bonchev–Trinajstić information content (AvgIpc) is 2.66. The van der Waals surface area contributed by atoms with Gasteiger partial charge in [0.1, 0.15) is 6.04 Å². The number of para-hydroxylation sites is 1. The van der Waals surface area contributed by atoms with Crippen LogP contribution >= 0.6 is 0 Å². The normalized spacial score (nSPS) is 12.5. The number of benzene rings is 2. The zero-order valence-electron chi connectivity index (χ0n) is 14.5. The maximum Gasteiger partial charge on any atom is 0.416 e. The van der Waals surface area contributed by atoms with E-state index in [0.29, 0.717) is 22.0 Å². The van der Waals surface area contributed by atoms with Crippen molar-refractivity contribution < 1.29 is 22.8 Å². The van der Waals surface area contributed by atoms with Crippen LogP contribution in [0.2, 0.25) is 0 Å². The van der Waals surface area contributed by atoms with Gasteiger partial charge in [-0.3, -0.25) is 14.6 Å². The quantitative estimate of drug-likeness (QED) is 0.706. The third kappa shape index (κ3) is 4.28. The molecule has 2 aromatic carbocycles. The predicted octanol–water partition coefficient (Wildman–Crippen LogP) is 3.08. The van der Waals surface area contributed by atoms with Crippen molar-refractivity contribution in [2.24, 2.45) is 5.73 Å². The van der Waals surface area contributed by atoms with Crippen molar-refractivity contribution in [3.63, 3.8) is 0 Å². The van der Waals surface area contributed by atoms with E-state index < -0.39 is 29.6 Å². The Morgan fingerprint density at radius 2 is 1.71 bits per heavy atom. The lowest BCUT2D eigenvalue weighted by Crippen LogP contribution is -2.45. The van der Waals surface area contributed by atoms with E-state index in [-0.39, 0.29) is 6.42 Å². The molecule has 0 saturated carbocycles. The molecule has 0 aliphatic carbocycles. The van der Waals surface area contributed by atoms with Gasteiger partial charge < -0.3 is 11.1 Å². The Kier molecular flexibility index (Phi) is 5.30. The van der Waals surface area contributed by atoms with Crippen LogP contribution in [0.4, 0.5) is 13.2 Å². The van der Waals surface area contributed by atoms with Crippen molar-refractivity contribution in [3.05, 3.63) is 77.5 Å². The fourth-order valence-electron chi connectivity index (χ4n) is 2.82. The fourth-order valence-corrected chi connectivity index (χ4v) is 2.82. The number of hydrogen-bond donors (Lipinski definition) is 2. The number of nitrogens with two attached hydrogens (primary N) is 1. The Morgan fingerprint density at radius 3 is 2.36 bits per heavy atom. The first-order valence-corrected chi connectivity index (χ1v) is 8.36. The molecule has 0 bridgehead atoms. The summed E-state index contributed by atoms with van der Waals surface area (Å²) in [6.07, 6.45) is -2.99. The molecule has 0 spiro atoms. The molecule has 1 aromatic heterocycles. The Labute approximate surface area is 158 Å². The van der Waals surface area contributed by atoms with Crippen molar-refractivity contribution >= 4 is 22.7 Å². The third-order valence-electron chi connectivity index (χ3n) is 4.26. The highest BCUT2D eigenvalue weighted by atomic mass is 19.4. The Hall–Kier alpha value is -3.42. The minimum Gasteiger partial charge on any atom is -0.368 e. The monoisotopic (exact) mass is 387 g/mol. The number of fused-ring (bicyclic) bond motifs is 1. The van der Waals surface area contributed by atoms with Gasteiger partial charge in [0.05, 0.1) is 16.6 Å². The number of pyridine rings is 1. The van der Waals surface area contributed by atoms with E-state index in [1.807, 2.05) is 0 Å². The van der Waals surface area contributed by atoms with E-state index in [1.165, 1.54) is 24.4 Å². The van der Waals surface area contributed by atoms with Crippen LogP contribution < -0.4 is 11.1 Å². The topological polar surface area (TPSA) is 85.1 Å². The molecule has 0 fully saturated rings. The highest BCUT2D eigenvalue weighted by molar-refractivity contribution is 6.07. The standard InChI is InChI=1S/C20H16F3N3O2/c21-20(22,23)13-7-5-12(6-8-13)11-17(18(24)27)26-19(28)15-9-10-25-16-4-2-1-3-14(15)16/h1-10,17H,11H2,(H2,24,27)(H,26,28)/t17-/m1/s1. The lowest BCUT2D eigenvalue weighted by Gasteiger charge is -2.17. The van der Waals surface area contributed by atoms with Crippen molar-refractivity contribution in [1.82, 2.24) is 10.3 Å². The van der Waals surface area contributed by atoms with E-state index >= 15 is 0 Å². The first kappa shape index (κ1) is 19.3. The van der Waals surface area contributed by atoms with E-state index in [1.54, 1.807) is 24.3 Å². The number of alkyl halides is 3. The summed E-state index contributed by atoms with van der Waals surface area (Å²) >= 11 is 0. The molecule has 0 radical (unpaired) electrons. The molecule has 0 unspecified atom stereocenters. The van der Waals surface area contributed by atoms with Gasteiger partial charge in [-0.2, -0.15) is 13.2 Å². The van der Waals surface area contributed by atoms with Crippen LogP contribution in [-0.4, -0.2) is 22.8 Å². The van der Waals surface area contributed by atoms with Crippen LogP contribution in [0.3, 0.4) is 0 Å². The summed E-state index contributed by atoms with van der Waals surface area (Å²) < 4.78 is 38.0. The molecular weight excluding hydrogens is 371 g/mol. The van der Waals surface area contributed by atoms with Crippen molar-refractivity contribution in [1.29, 1.82) is 0 Å². The number of primary amides is 1. The second-order valence-electron chi connectivity index (χ2n) is 6.20. The lowest BCUT2D eigenvalue weighted by atomic mass is 10.0. The molecule has 1 atom stereocenters. The highest BCUT2D eigenvalue weighted by Crippen LogP contribution is 2.29. The van der Waals surface area contributed by atoms with Crippen LogP contribution in [0.1, 0.15) is 21.5 Å². The lowest BCUT2D eigenvalue weighted by molar-refractivity contribution is -0.137. The molecule has 5 nitrogen and oxygen atoms in total. The third-order valence-corrected chi connectivity index (χ3v) is 4.26. The van der Waals surface area contributed by atoms with E-state index in [4.69, 9.17) is 5.73 Å². The van der Waals surface area contributed by atoms with Crippen LogP contribution in [0.25, 0.3) is 10.9 Å². The number of hydrogen-bond acceptors (Lipinski definition) is 3. The molecule has 3 aromatic rings. The Morgan fingerprint density at radius 1 is 1.04 bits per heavy atom. The minimum absolute atomic E-state index is 0.0256. The Balaban J connectivity index is 1.79. The van der Waals surface area contributed by atoms with Gasteiger partial charge in [0.2, 0.25) is 5.91 Å². The van der Waals surface area contributed by atoms with E-state index in [0.717, 1.165) is 12.1 Å². The van der Waals surface area contributed by atoms with Crippen molar-refractivity contribution in [2.45, 2.75) is 18.6 Å². The highest BCUT2D eigenvalue weighted by Gasteiger charge is 2.30. The second kappa shape index (κ2) is 7.67. The summed E-state index contributed by atoms with van der Waals surface area (Å²) in [5.74, 6) is -1.30. The largest absolute Gasteiger partial charge is 0.416 e. The van der Waals surface area contributed by atoms with Gasteiger partial charge >= 0.3 is 6.18 Å². The molecule has 8 heteroatoms. The summed E-state index contributed by atoms with van der Waals surface area (Å²) in [7, 11) is 0. The van der Waals surface area contributed by atoms with Gasteiger partial charge in [0.25, 0.3) is 5.91 Å².